The summed E-state index contributed by atoms with van der Waals surface area (Å²) in [5, 5.41) is 0. The van der Waals surface area contributed by atoms with E-state index in [2.05, 4.69) is 61.5 Å². The predicted molar refractivity (Wildman–Crippen MR) is 105 cm³/mol. The summed E-state index contributed by atoms with van der Waals surface area (Å²) in [4.78, 5) is 12.6. The molecule has 24 heavy (non-hydrogen) atoms. The van der Waals surface area contributed by atoms with Gasteiger partial charge in [-0.2, -0.15) is 0 Å². The molecule has 1 saturated carbocycles. The van der Waals surface area contributed by atoms with E-state index >= 15 is 0 Å². The number of Topliss-reactive ketones (excluding diaryl/α,β-unsaturated/α-hetero) is 1. The van der Waals surface area contributed by atoms with E-state index in [1.807, 2.05) is 0 Å². The van der Waals surface area contributed by atoms with E-state index in [4.69, 9.17) is 4.43 Å². The maximum Gasteiger partial charge on any atom is 0.201 e. The van der Waals surface area contributed by atoms with Gasteiger partial charge in [-0.1, -0.05) is 60.1 Å². The van der Waals surface area contributed by atoms with Crippen molar-refractivity contribution in [2.75, 3.05) is 0 Å². The fourth-order valence-electron chi connectivity index (χ4n) is 6.31. The van der Waals surface area contributed by atoms with E-state index in [9.17, 15) is 4.79 Å². The zero-order valence-electron chi connectivity index (χ0n) is 17.3. The molecule has 0 saturated heterocycles. The van der Waals surface area contributed by atoms with Gasteiger partial charge in [0, 0.05) is 0 Å². The van der Waals surface area contributed by atoms with Crippen LogP contribution in [0.4, 0.5) is 0 Å². The normalized spacial score (nSPS) is 33.5. The molecule has 0 unspecified atom stereocenters. The third-order valence-corrected chi connectivity index (χ3v) is 13.2. The molecular formula is C21H38O2Si. The average Bonchev–Trinajstić information content (AvgIpc) is 2.43. The van der Waals surface area contributed by atoms with Crippen molar-refractivity contribution >= 4 is 14.1 Å². The third-order valence-electron chi connectivity index (χ3n) is 7.10. The number of rotatable bonds is 6. The topological polar surface area (TPSA) is 26.3 Å². The van der Waals surface area contributed by atoms with Gasteiger partial charge in [-0.15, -0.1) is 0 Å². The molecule has 0 spiro atoms. The van der Waals surface area contributed by atoms with Crippen LogP contribution < -0.4 is 0 Å². The van der Waals surface area contributed by atoms with E-state index in [1.54, 1.807) is 6.92 Å². The summed E-state index contributed by atoms with van der Waals surface area (Å²) in [6.45, 7) is 20.3. The zero-order valence-corrected chi connectivity index (χ0v) is 18.3. The van der Waals surface area contributed by atoms with E-state index in [1.165, 1.54) is 12.0 Å². The van der Waals surface area contributed by atoms with Crippen LogP contribution in [0.15, 0.2) is 11.6 Å². The fourth-order valence-corrected chi connectivity index (χ4v) is 12.0. The van der Waals surface area contributed by atoms with E-state index in [-0.39, 0.29) is 11.5 Å². The lowest BCUT2D eigenvalue weighted by Gasteiger charge is -2.58. The average molecular weight is 351 g/mol. The van der Waals surface area contributed by atoms with Crippen molar-refractivity contribution in [1.29, 1.82) is 0 Å². The molecule has 1 fully saturated rings. The second kappa shape index (κ2) is 6.72. The molecule has 0 amide bonds. The highest BCUT2D eigenvalue weighted by Gasteiger charge is 2.58. The van der Waals surface area contributed by atoms with Crippen LogP contribution >= 0.6 is 0 Å². The Bertz CT molecular complexity index is 498. The highest BCUT2D eigenvalue weighted by atomic mass is 28.4. The summed E-state index contributed by atoms with van der Waals surface area (Å²) in [5.41, 5.74) is 2.73. The van der Waals surface area contributed by atoms with Gasteiger partial charge in [0.25, 0.3) is 0 Å². The monoisotopic (exact) mass is 350 g/mol. The van der Waals surface area contributed by atoms with Crippen molar-refractivity contribution in [1.82, 2.24) is 0 Å². The fraction of sp³-hybridized carbons (Fsp3) is 0.857. The van der Waals surface area contributed by atoms with Crippen LogP contribution in [0.2, 0.25) is 16.6 Å². The number of ketones is 1. The molecule has 2 bridgehead atoms. The van der Waals surface area contributed by atoms with Gasteiger partial charge < -0.3 is 4.43 Å². The first kappa shape index (κ1) is 19.9. The van der Waals surface area contributed by atoms with Crippen LogP contribution in [-0.4, -0.2) is 19.7 Å². The summed E-state index contributed by atoms with van der Waals surface area (Å²) < 4.78 is 7.29. The van der Waals surface area contributed by atoms with Gasteiger partial charge >= 0.3 is 0 Å². The van der Waals surface area contributed by atoms with E-state index < -0.39 is 8.32 Å². The van der Waals surface area contributed by atoms with Gasteiger partial charge in [-0.3, -0.25) is 4.79 Å². The second-order valence-corrected chi connectivity index (χ2v) is 14.7. The van der Waals surface area contributed by atoms with Gasteiger partial charge in [0.05, 0.1) is 11.5 Å². The number of allylic oxidation sites excluding steroid dienone is 1. The molecule has 0 heterocycles. The van der Waals surface area contributed by atoms with Crippen molar-refractivity contribution in [2.24, 2.45) is 17.8 Å². The Morgan fingerprint density at radius 3 is 2.04 bits per heavy atom. The largest absolute Gasteiger partial charge is 0.406 e. The molecule has 0 radical (unpaired) electrons. The third kappa shape index (κ3) is 2.86. The predicted octanol–water partition coefficient (Wildman–Crippen LogP) is 6.13. The smallest absolute Gasteiger partial charge is 0.201 e. The van der Waals surface area contributed by atoms with Crippen molar-refractivity contribution in [2.45, 2.75) is 97.4 Å². The summed E-state index contributed by atoms with van der Waals surface area (Å²) in [6.07, 6.45) is 4.55. The van der Waals surface area contributed by atoms with E-state index in [0.717, 1.165) is 6.42 Å². The van der Waals surface area contributed by atoms with Gasteiger partial charge in [0.2, 0.25) is 8.32 Å². The molecule has 3 rings (SSSR count). The molecule has 3 aliphatic carbocycles. The van der Waals surface area contributed by atoms with Crippen molar-refractivity contribution in [3.63, 3.8) is 0 Å². The molecule has 138 valence electrons. The first-order valence-electron chi connectivity index (χ1n) is 9.89. The minimum Gasteiger partial charge on any atom is -0.406 e. The molecule has 3 aliphatic rings. The minimum atomic E-state index is -2.03. The number of carbonyl (C=O) groups excluding carboxylic acids is 1. The zero-order chi connectivity index (χ0) is 18.4. The summed E-state index contributed by atoms with van der Waals surface area (Å²) in [5.74, 6) is 1.32. The Kier molecular flexibility index (Phi) is 5.57. The van der Waals surface area contributed by atoms with Gasteiger partial charge in [0.15, 0.2) is 0 Å². The summed E-state index contributed by atoms with van der Waals surface area (Å²) in [6, 6.07) is 0. The Balaban J connectivity index is 2.57. The number of hydrogen-bond acceptors (Lipinski definition) is 2. The number of hydrogen-bond donors (Lipinski definition) is 0. The first-order valence-corrected chi connectivity index (χ1v) is 12.0. The van der Waals surface area contributed by atoms with E-state index in [0.29, 0.717) is 34.2 Å². The summed E-state index contributed by atoms with van der Waals surface area (Å²) in [7, 11) is -2.03. The lowest BCUT2D eigenvalue weighted by molar-refractivity contribution is -0.136. The minimum absolute atomic E-state index is 0.0306. The highest BCUT2D eigenvalue weighted by molar-refractivity contribution is 6.77. The molecule has 0 N–H and O–H groups in total. The lowest BCUT2D eigenvalue weighted by atomic mass is 9.57. The maximum atomic E-state index is 12.6. The molecule has 4 atom stereocenters. The van der Waals surface area contributed by atoms with Gasteiger partial charge in [0.1, 0.15) is 5.78 Å². The van der Waals surface area contributed by atoms with Gasteiger partial charge in [-0.05, 0) is 55.1 Å². The van der Waals surface area contributed by atoms with Crippen LogP contribution in [0.3, 0.4) is 0 Å². The Hall–Kier alpha value is -0.413. The Morgan fingerprint density at radius 2 is 1.67 bits per heavy atom. The number of carbonyl (C=O) groups is 1. The van der Waals surface area contributed by atoms with Crippen LogP contribution in [0.5, 0.6) is 0 Å². The second-order valence-electron chi connectivity index (χ2n) is 9.36. The summed E-state index contributed by atoms with van der Waals surface area (Å²) >= 11 is 0. The quantitative estimate of drug-likeness (QED) is 0.425. The first-order chi connectivity index (χ1) is 11.0. The van der Waals surface area contributed by atoms with Crippen LogP contribution in [0, 0.1) is 17.8 Å². The maximum absolute atomic E-state index is 12.6. The molecule has 3 heteroatoms. The molecule has 0 aliphatic heterocycles. The molecule has 0 aromatic carbocycles. The SMILES string of the molecule is CC(=O)[C@H]1[C@H](C)[C@H]2CC[C@]1(O[Si](C(C)C)(C(C)C)C(C)C)C=C2C. The standard InChI is InChI=1S/C21H38O2Si/c1-13(2)24(14(3)4,15(5)6)23-21-11-10-19(16(7)12-21)17(8)20(21)18(9)22/h12-15,17,19-20H,10-11H2,1-9H3/t17-,19+,20-,21+/m1/s1. The van der Waals surface area contributed by atoms with Crippen LogP contribution in [0.1, 0.15) is 75.2 Å². The Morgan fingerprint density at radius 1 is 1.17 bits per heavy atom. The van der Waals surface area contributed by atoms with Crippen LogP contribution in [0.25, 0.3) is 0 Å². The van der Waals surface area contributed by atoms with Crippen LogP contribution in [-0.2, 0) is 9.22 Å². The van der Waals surface area contributed by atoms with Crippen molar-refractivity contribution < 1.29 is 9.22 Å². The number of fused-ring (bicyclic) bond motifs is 2. The molecular weight excluding hydrogens is 312 g/mol. The van der Waals surface area contributed by atoms with Crippen molar-refractivity contribution in [3.05, 3.63) is 11.6 Å². The van der Waals surface area contributed by atoms with Gasteiger partial charge in [-0.25, -0.2) is 0 Å². The Labute approximate surface area is 150 Å². The highest BCUT2D eigenvalue weighted by Crippen LogP contribution is 2.56. The molecule has 0 aromatic heterocycles. The van der Waals surface area contributed by atoms with Crippen molar-refractivity contribution in [3.8, 4) is 0 Å². The molecule has 0 aromatic rings. The lowest BCUT2D eigenvalue weighted by Crippen LogP contribution is -2.62. The molecule has 2 nitrogen and oxygen atoms in total.